The number of ether oxygens (including phenoxy) is 3. The number of methoxy groups -OCH3 is 1. The number of benzene rings is 2. The minimum Gasteiger partial charge on any atom is -0.493 e. The number of carbonyl (C=O) groups excluding carboxylic acids is 2. The number of thiophene rings is 1. The molecule has 0 saturated carbocycles. The molecule has 0 unspecified atom stereocenters. The number of carbonyl (C=O) groups is 2. The lowest BCUT2D eigenvalue weighted by Gasteiger charge is -2.24. The van der Waals surface area contributed by atoms with Crippen LogP contribution in [0.15, 0.2) is 66.0 Å². The summed E-state index contributed by atoms with van der Waals surface area (Å²) in [6.07, 6.45) is -0.511. The van der Waals surface area contributed by atoms with Crippen molar-refractivity contribution >= 4 is 23.3 Å². The third-order valence-corrected chi connectivity index (χ3v) is 5.79. The zero-order valence-corrected chi connectivity index (χ0v) is 21.4. The van der Waals surface area contributed by atoms with Crippen LogP contribution in [0.2, 0.25) is 0 Å². The van der Waals surface area contributed by atoms with Gasteiger partial charge in [-0.05, 0) is 56.0 Å². The van der Waals surface area contributed by atoms with Gasteiger partial charge in [0, 0.05) is 16.0 Å². The summed E-state index contributed by atoms with van der Waals surface area (Å²) >= 11 is 1.57. The summed E-state index contributed by atoms with van der Waals surface area (Å²) in [5.74, 6) is 0.842. The summed E-state index contributed by atoms with van der Waals surface area (Å²) in [5.41, 5.74) is 1.10. The molecular weight excluding hydrogens is 464 g/mol. The Morgan fingerprint density at radius 1 is 1.00 bits per heavy atom. The molecular formula is C27H32N2O5S. The molecule has 0 fully saturated rings. The van der Waals surface area contributed by atoms with Crippen LogP contribution in [0.3, 0.4) is 0 Å². The Morgan fingerprint density at radius 2 is 1.77 bits per heavy atom. The highest BCUT2D eigenvalue weighted by atomic mass is 32.1. The van der Waals surface area contributed by atoms with Gasteiger partial charge in [0.05, 0.1) is 20.2 Å². The molecule has 0 spiro atoms. The molecule has 0 aliphatic carbocycles. The maximum absolute atomic E-state index is 13.4. The fraction of sp³-hybridized carbons (Fsp3) is 0.333. The lowest BCUT2D eigenvalue weighted by Crippen LogP contribution is -2.42. The molecule has 7 nitrogen and oxygen atoms in total. The van der Waals surface area contributed by atoms with Crippen LogP contribution in [0.1, 0.15) is 41.6 Å². The standard InChI is InChI=1S/C27H32N2O5S/c1-27(2,3)28-26(31)33-15-14-29(18-22-11-8-16-35-22)25(30)21-12-13-23(24(17-21)32-4)34-19-20-9-6-5-7-10-20/h5-13,16-17H,14-15,18-19H2,1-4H3,(H,28,31). The summed E-state index contributed by atoms with van der Waals surface area (Å²) in [6.45, 7) is 6.76. The third kappa shape index (κ3) is 8.33. The molecule has 0 aliphatic rings. The zero-order valence-electron chi connectivity index (χ0n) is 20.6. The Bertz CT molecular complexity index is 1090. The van der Waals surface area contributed by atoms with E-state index < -0.39 is 11.6 Å². The van der Waals surface area contributed by atoms with Crippen molar-refractivity contribution in [2.45, 2.75) is 39.5 Å². The van der Waals surface area contributed by atoms with Gasteiger partial charge in [-0.25, -0.2) is 4.79 Å². The highest BCUT2D eigenvalue weighted by Gasteiger charge is 2.20. The molecule has 0 radical (unpaired) electrons. The Balaban J connectivity index is 1.69. The van der Waals surface area contributed by atoms with E-state index in [4.69, 9.17) is 14.2 Å². The Kier molecular flexibility index (Phi) is 9.14. The molecule has 0 aliphatic heterocycles. The molecule has 186 valence electrons. The van der Waals surface area contributed by atoms with E-state index in [9.17, 15) is 9.59 Å². The van der Waals surface area contributed by atoms with Crippen molar-refractivity contribution in [2.24, 2.45) is 0 Å². The van der Waals surface area contributed by atoms with E-state index in [-0.39, 0.29) is 19.1 Å². The number of nitrogens with zero attached hydrogens (tertiary/aromatic N) is 1. The van der Waals surface area contributed by atoms with Crippen molar-refractivity contribution in [3.05, 3.63) is 82.0 Å². The summed E-state index contributed by atoms with van der Waals surface area (Å²) in [6, 6.07) is 18.9. The van der Waals surface area contributed by atoms with E-state index in [0.717, 1.165) is 10.4 Å². The molecule has 0 atom stereocenters. The van der Waals surface area contributed by atoms with Gasteiger partial charge in [-0.15, -0.1) is 11.3 Å². The van der Waals surface area contributed by atoms with Gasteiger partial charge in [-0.3, -0.25) is 4.79 Å². The topological polar surface area (TPSA) is 77.1 Å². The molecule has 8 heteroatoms. The van der Waals surface area contributed by atoms with Gasteiger partial charge in [-0.2, -0.15) is 0 Å². The van der Waals surface area contributed by atoms with E-state index in [1.165, 1.54) is 0 Å². The van der Waals surface area contributed by atoms with Crippen LogP contribution in [-0.4, -0.2) is 42.7 Å². The first-order chi connectivity index (χ1) is 16.7. The van der Waals surface area contributed by atoms with E-state index in [0.29, 0.717) is 30.2 Å². The van der Waals surface area contributed by atoms with Crippen molar-refractivity contribution in [1.82, 2.24) is 10.2 Å². The van der Waals surface area contributed by atoms with E-state index in [2.05, 4.69) is 5.32 Å². The second-order valence-electron chi connectivity index (χ2n) is 8.96. The van der Waals surface area contributed by atoms with Gasteiger partial charge in [0.1, 0.15) is 13.2 Å². The largest absolute Gasteiger partial charge is 0.493 e. The molecule has 1 heterocycles. The van der Waals surface area contributed by atoms with Crippen molar-refractivity contribution < 1.29 is 23.8 Å². The number of rotatable bonds is 10. The second-order valence-corrected chi connectivity index (χ2v) is 9.99. The molecule has 1 N–H and O–H groups in total. The number of hydrogen-bond acceptors (Lipinski definition) is 6. The van der Waals surface area contributed by atoms with Crippen molar-refractivity contribution in [3.63, 3.8) is 0 Å². The highest BCUT2D eigenvalue weighted by Crippen LogP contribution is 2.29. The Hall–Kier alpha value is -3.52. The summed E-state index contributed by atoms with van der Waals surface area (Å²) < 4.78 is 16.7. The summed E-state index contributed by atoms with van der Waals surface area (Å²) in [4.78, 5) is 28.1. The van der Waals surface area contributed by atoms with Crippen LogP contribution < -0.4 is 14.8 Å². The zero-order chi connectivity index (χ0) is 25.3. The molecule has 0 saturated heterocycles. The maximum Gasteiger partial charge on any atom is 0.407 e. The Labute approximate surface area is 210 Å². The second kappa shape index (κ2) is 12.3. The van der Waals surface area contributed by atoms with Crippen LogP contribution in [0.25, 0.3) is 0 Å². The van der Waals surface area contributed by atoms with Crippen LogP contribution in [0, 0.1) is 0 Å². The molecule has 3 rings (SSSR count). The lowest BCUT2D eigenvalue weighted by atomic mass is 10.1. The molecule has 3 aromatic rings. The van der Waals surface area contributed by atoms with Crippen LogP contribution in [-0.2, 0) is 17.9 Å². The number of hydrogen-bond donors (Lipinski definition) is 1. The van der Waals surface area contributed by atoms with E-state index >= 15 is 0 Å². The predicted octanol–water partition coefficient (Wildman–Crippen LogP) is 5.50. The van der Waals surface area contributed by atoms with Crippen molar-refractivity contribution in [2.75, 3.05) is 20.3 Å². The molecule has 2 aromatic carbocycles. The minimum atomic E-state index is -0.511. The monoisotopic (exact) mass is 496 g/mol. The Morgan fingerprint density at radius 3 is 2.43 bits per heavy atom. The summed E-state index contributed by atoms with van der Waals surface area (Å²) in [7, 11) is 1.55. The normalized spacial score (nSPS) is 11.0. The van der Waals surface area contributed by atoms with Gasteiger partial charge in [0.25, 0.3) is 5.91 Å². The number of amides is 2. The molecule has 2 amide bonds. The molecule has 1 aromatic heterocycles. The first-order valence-corrected chi connectivity index (χ1v) is 12.2. The summed E-state index contributed by atoms with van der Waals surface area (Å²) in [5, 5.41) is 4.72. The maximum atomic E-state index is 13.4. The quantitative estimate of drug-likeness (QED) is 0.401. The number of alkyl carbamates (subject to hydrolysis) is 1. The smallest absolute Gasteiger partial charge is 0.407 e. The van der Waals surface area contributed by atoms with Gasteiger partial charge in [0.15, 0.2) is 11.5 Å². The molecule has 0 bridgehead atoms. The van der Waals surface area contributed by atoms with Gasteiger partial charge < -0.3 is 24.4 Å². The lowest BCUT2D eigenvalue weighted by molar-refractivity contribution is 0.0678. The van der Waals surface area contributed by atoms with E-state index in [1.54, 1.807) is 41.5 Å². The van der Waals surface area contributed by atoms with Crippen LogP contribution >= 0.6 is 11.3 Å². The first kappa shape index (κ1) is 26.1. The van der Waals surface area contributed by atoms with Crippen LogP contribution in [0.4, 0.5) is 4.79 Å². The van der Waals surface area contributed by atoms with Crippen molar-refractivity contribution in [3.8, 4) is 11.5 Å². The van der Waals surface area contributed by atoms with Gasteiger partial charge >= 0.3 is 6.09 Å². The average Bonchev–Trinajstić information content (AvgIpc) is 3.34. The third-order valence-electron chi connectivity index (χ3n) is 4.93. The first-order valence-electron chi connectivity index (χ1n) is 11.4. The SMILES string of the molecule is COc1cc(C(=O)N(CCOC(=O)NC(C)(C)C)Cc2cccs2)ccc1OCc1ccccc1. The van der Waals surface area contributed by atoms with Gasteiger partial charge in [-0.1, -0.05) is 36.4 Å². The highest BCUT2D eigenvalue weighted by molar-refractivity contribution is 7.09. The predicted molar refractivity (Wildman–Crippen MR) is 137 cm³/mol. The van der Waals surface area contributed by atoms with Crippen molar-refractivity contribution in [1.29, 1.82) is 0 Å². The minimum absolute atomic E-state index is 0.0778. The fourth-order valence-electron chi connectivity index (χ4n) is 3.27. The van der Waals surface area contributed by atoms with E-state index in [1.807, 2.05) is 68.6 Å². The fourth-order valence-corrected chi connectivity index (χ4v) is 3.99. The average molecular weight is 497 g/mol. The number of nitrogens with one attached hydrogen (secondary N) is 1. The molecule has 35 heavy (non-hydrogen) atoms. The van der Waals surface area contributed by atoms with Crippen LogP contribution in [0.5, 0.6) is 11.5 Å². The van der Waals surface area contributed by atoms with Gasteiger partial charge in [0.2, 0.25) is 0 Å².